The lowest BCUT2D eigenvalue weighted by molar-refractivity contribution is 0.191. The molecule has 0 bridgehead atoms. The maximum Gasteiger partial charge on any atom is 0.140 e. The van der Waals surface area contributed by atoms with E-state index >= 15 is 0 Å². The SMILES string of the molecule is Cc1ccc2c(c1)S[C@H](c1ccccc1)[C@@H](c1ccccc1)O2. The summed E-state index contributed by atoms with van der Waals surface area (Å²) >= 11 is 1.90. The first-order chi connectivity index (χ1) is 11.3. The average molecular weight is 318 g/mol. The molecule has 1 aliphatic heterocycles. The molecule has 3 aromatic rings. The Bertz CT molecular complexity index is 799. The van der Waals surface area contributed by atoms with E-state index in [1.54, 1.807) is 0 Å². The molecule has 0 unspecified atom stereocenters. The van der Waals surface area contributed by atoms with Crippen molar-refractivity contribution in [2.24, 2.45) is 0 Å². The first-order valence-electron chi connectivity index (χ1n) is 7.85. The van der Waals surface area contributed by atoms with Crippen molar-refractivity contribution in [3.63, 3.8) is 0 Å². The van der Waals surface area contributed by atoms with Crippen LogP contribution >= 0.6 is 11.8 Å². The summed E-state index contributed by atoms with van der Waals surface area (Å²) < 4.78 is 6.42. The summed E-state index contributed by atoms with van der Waals surface area (Å²) in [6, 6.07) is 27.6. The maximum atomic E-state index is 6.42. The number of ether oxygens (including phenoxy) is 1. The summed E-state index contributed by atoms with van der Waals surface area (Å²) in [4.78, 5) is 1.23. The fourth-order valence-corrected chi connectivity index (χ4v) is 4.36. The van der Waals surface area contributed by atoms with Crippen molar-refractivity contribution in [1.82, 2.24) is 0 Å². The predicted octanol–water partition coefficient (Wildman–Crippen LogP) is 5.96. The van der Waals surface area contributed by atoms with Gasteiger partial charge in [0.25, 0.3) is 0 Å². The third-order valence-corrected chi connectivity index (χ3v) is 5.48. The van der Waals surface area contributed by atoms with Gasteiger partial charge in [0.2, 0.25) is 0 Å². The van der Waals surface area contributed by atoms with Gasteiger partial charge in [-0.1, -0.05) is 66.7 Å². The summed E-state index contributed by atoms with van der Waals surface area (Å²) in [6.45, 7) is 2.13. The molecular weight excluding hydrogens is 300 g/mol. The van der Waals surface area contributed by atoms with Crippen molar-refractivity contribution in [1.29, 1.82) is 0 Å². The first kappa shape index (κ1) is 14.4. The lowest BCUT2D eigenvalue weighted by atomic mass is 10.0. The highest BCUT2D eigenvalue weighted by Gasteiger charge is 2.33. The second-order valence-corrected chi connectivity index (χ2v) is 7.03. The zero-order valence-corrected chi connectivity index (χ0v) is 13.8. The van der Waals surface area contributed by atoms with E-state index in [4.69, 9.17) is 4.74 Å². The molecule has 0 aromatic heterocycles. The molecule has 114 valence electrons. The zero-order valence-electron chi connectivity index (χ0n) is 13.0. The molecule has 0 aliphatic carbocycles. The molecule has 0 radical (unpaired) electrons. The van der Waals surface area contributed by atoms with E-state index in [9.17, 15) is 0 Å². The minimum Gasteiger partial charge on any atom is -0.483 e. The molecule has 4 rings (SSSR count). The Hall–Kier alpha value is -2.19. The molecule has 1 heterocycles. The van der Waals surface area contributed by atoms with Crippen molar-refractivity contribution in [2.45, 2.75) is 23.2 Å². The summed E-state index contributed by atoms with van der Waals surface area (Å²) in [5.41, 5.74) is 3.79. The Labute approximate surface area is 141 Å². The smallest absolute Gasteiger partial charge is 0.140 e. The normalized spacial score (nSPS) is 19.7. The standard InChI is InChI=1S/C21H18OS/c1-15-12-13-18-19(14-15)23-21(17-10-6-3-7-11-17)20(22-18)16-8-4-2-5-9-16/h2-14,20-21H,1H3/t20-,21-/m1/s1. The highest BCUT2D eigenvalue weighted by Crippen LogP contribution is 2.53. The van der Waals surface area contributed by atoms with Crippen LogP contribution in [0.25, 0.3) is 0 Å². The molecular formula is C21H18OS. The molecule has 0 N–H and O–H groups in total. The maximum absolute atomic E-state index is 6.42. The van der Waals surface area contributed by atoms with Gasteiger partial charge in [-0.05, 0) is 35.7 Å². The number of thioether (sulfide) groups is 1. The number of fused-ring (bicyclic) bond motifs is 1. The Kier molecular flexibility index (Phi) is 3.84. The van der Waals surface area contributed by atoms with E-state index in [0.29, 0.717) is 0 Å². The molecule has 0 fully saturated rings. The van der Waals surface area contributed by atoms with Gasteiger partial charge in [-0.3, -0.25) is 0 Å². The molecule has 0 amide bonds. The third-order valence-electron chi connectivity index (χ3n) is 4.14. The van der Waals surface area contributed by atoms with Gasteiger partial charge in [0.15, 0.2) is 0 Å². The topological polar surface area (TPSA) is 9.23 Å². The van der Waals surface area contributed by atoms with Crippen LogP contribution in [0, 0.1) is 6.92 Å². The second kappa shape index (κ2) is 6.13. The van der Waals surface area contributed by atoms with Gasteiger partial charge in [-0.2, -0.15) is 0 Å². The van der Waals surface area contributed by atoms with Crippen LogP contribution in [0.4, 0.5) is 0 Å². The molecule has 0 spiro atoms. The van der Waals surface area contributed by atoms with E-state index < -0.39 is 0 Å². The van der Waals surface area contributed by atoms with Gasteiger partial charge in [0.1, 0.15) is 11.9 Å². The van der Waals surface area contributed by atoms with Crippen LogP contribution in [0.1, 0.15) is 28.0 Å². The fraction of sp³-hybridized carbons (Fsp3) is 0.143. The Balaban J connectivity index is 1.80. The van der Waals surface area contributed by atoms with Crippen molar-refractivity contribution >= 4 is 11.8 Å². The van der Waals surface area contributed by atoms with Crippen LogP contribution in [-0.4, -0.2) is 0 Å². The number of hydrogen-bond donors (Lipinski definition) is 0. The van der Waals surface area contributed by atoms with Gasteiger partial charge in [-0.15, -0.1) is 11.8 Å². The van der Waals surface area contributed by atoms with E-state index in [-0.39, 0.29) is 11.4 Å². The molecule has 1 aliphatic rings. The first-order valence-corrected chi connectivity index (χ1v) is 8.73. The summed E-state index contributed by atoms with van der Waals surface area (Å²) in [6.07, 6.45) is 0.0267. The Morgan fingerprint density at radius 2 is 1.43 bits per heavy atom. The number of rotatable bonds is 2. The second-order valence-electron chi connectivity index (χ2n) is 5.85. The lowest BCUT2D eigenvalue weighted by Gasteiger charge is -2.34. The van der Waals surface area contributed by atoms with Gasteiger partial charge >= 0.3 is 0 Å². The van der Waals surface area contributed by atoms with Crippen molar-refractivity contribution in [3.05, 3.63) is 95.6 Å². The van der Waals surface area contributed by atoms with Crippen molar-refractivity contribution < 1.29 is 4.74 Å². The third kappa shape index (κ3) is 2.87. The molecule has 2 atom stereocenters. The predicted molar refractivity (Wildman–Crippen MR) is 96.0 cm³/mol. The molecule has 0 saturated heterocycles. The van der Waals surface area contributed by atoms with Crippen molar-refractivity contribution in [3.8, 4) is 5.75 Å². The number of benzene rings is 3. The Morgan fingerprint density at radius 3 is 2.13 bits per heavy atom. The molecule has 3 aromatic carbocycles. The van der Waals surface area contributed by atoms with Gasteiger partial charge in [0.05, 0.1) is 10.1 Å². The van der Waals surface area contributed by atoms with Crippen LogP contribution in [0.2, 0.25) is 0 Å². The summed E-state index contributed by atoms with van der Waals surface area (Å²) in [7, 11) is 0. The van der Waals surface area contributed by atoms with E-state index in [1.165, 1.54) is 21.6 Å². The molecule has 1 nitrogen and oxygen atoms in total. The van der Waals surface area contributed by atoms with Crippen LogP contribution in [-0.2, 0) is 0 Å². The van der Waals surface area contributed by atoms with E-state index in [0.717, 1.165) is 5.75 Å². The van der Waals surface area contributed by atoms with Crippen LogP contribution in [0.5, 0.6) is 5.75 Å². The molecule has 0 saturated carbocycles. The largest absolute Gasteiger partial charge is 0.483 e. The Morgan fingerprint density at radius 1 is 0.783 bits per heavy atom. The minimum atomic E-state index is 0.0267. The van der Waals surface area contributed by atoms with Gasteiger partial charge in [0, 0.05) is 0 Å². The van der Waals surface area contributed by atoms with Crippen LogP contribution < -0.4 is 4.74 Å². The monoisotopic (exact) mass is 318 g/mol. The highest BCUT2D eigenvalue weighted by molar-refractivity contribution is 7.99. The summed E-state index contributed by atoms with van der Waals surface area (Å²) in [5, 5.41) is 0.257. The van der Waals surface area contributed by atoms with E-state index in [2.05, 4.69) is 79.7 Å². The fourth-order valence-electron chi connectivity index (χ4n) is 2.97. The minimum absolute atomic E-state index is 0.0267. The molecule has 23 heavy (non-hydrogen) atoms. The average Bonchev–Trinajstić information content (AvgIpc) is 2.62. The van der Waals surface area contributed by atoms with Crippen LogP contribution in [0.3, 0.4) is 0 Å². The zero-order chi connectivity index (χ0) is 15.6. The molecule has 2 heteroatoms. The van der Waals surface area contributed by atoms with Gasteiger partial charge in [-0.25, -0.2) is 0 Å². The quantitative estimate of drug-likeness (QED) is 0.576. The number of aryl methyl sites for hydroxylation is 1. The van der Waals surface area contributed by atoms with Crippen LogP contribution in [0.15, 0.2) is 83.8 Å². The lowest BCUT2D eigenvalue weighted by Crippen LogP contribution is -2.19. The highest BCUT2D eigenvalue weighted by atomic mass is 32.2. The van der Waals surface area contributed by atoms with Crippen molar-refractivity contribution in [2.75, 3.05) is 0 Å². The van der Waals surface area contributed by atoms with Gasteiger partial charge < -0.3 is 4.74 Å². The summed E-state index contributed by atoms with van der Waals surface area (Å²) in [5.74, 6) is 0.988. The van der Waals surface area contributed by atoms with E-state index in [1.807, 2.05) is 17.8 Å². The number of hydrogen-bond acceptors (Lipinski definition) is 2.